The van der Waals surface area contributed by atoms with Crippen LogP contribution in [0.2, 0.25) is 0 Å². The maximum absolute atomic E-state index is 14.6. The number of rotatable bonds is 17. The smallest absolute Gasteiger partial charge is 0.264 e. The molecule has 1 unspecified atom stereocenters. The molecule has 248 valence electrons. The molecular weight excluding hydrogens is 614 g/mol. The SMILES string of the molecule is CCCCNC(=O)C(Cc1ccccc1)N(Cc1cccc(OC)c1)C(=O)CN(c1ccccc1)S(=O)(=O)c1ccc(OCC)cc1. The van der Waals surface area contributed by atoms with Crippen LogP contribution in [0.3, 0.4) is 0 Å². The molecule has 0 aliphatic heterocycles. The molecule has 0 spiro atoms. The van der Waals surface area contributed by atoms with E-state index in [1.165, 1.54) is 17.0 Å². The van der Waals surface area contributed by atoms with Crippen LogP contribution < -0.4 is 19.1 Å². The van der Waals surface area contributed by atoms with Crippen LogP contribution in [0.1, 0.15) is 37.8 Å². The minimum absolute atomic E-state index is 0.00935. The summed E-state index contributed by atoms with van der Waals surface area (Å²) in [5.74, 6) is 0.305. The predicted octanol–water partition coefficient (Wildman–Crippen LogP) is 5.85. The third-order valence-electron chi connectivity index (χ3n) is 7.63. The van der Waals surface area contributed by atoms with E-state index >= 15 is 0 Å². The highest BCUT2D eigenvalue weighted by Gasteiger charge is 2.34. The maximum atomic E-state index is 14.6. The fraction of sp³-hybridized carbons (Fsp3) is 0.297. The van der Waals surface area contributed by atoms with Gasteiger partial charge in [0.25, 0.3) is 10.0 Å². The number of nitrogens with one attached hydrogen (secondary N) is 1. The summed E-state index contributed by atoms with van der Waals surface area (Å²) in [6.07, 6.45) is 1.92. The van der Waals surface area contributed by atoms with Gasteiger partial charge in [-0.25, -0.2) is 8.42 Å². The van der Waals surface area contributed by atoms with Crippen molar-refractivity contribution in [1.82, 2.24) is 10.2 Å². The molecule has 2 amide bonds. The number of para-hydroxylation sites is 1. The Morgan fingerprint density at radius 1 is 0.809 bits per heavy atom. The molecule has 4 rings (SSSR count). The Bertz CT molecular complexity index is 1680. The summed E-state index contributed by atoms with van der Waals surface area (Å²) in [5, 5.41) is 3.00. The van der Waals surface area contributed by atoms with Gasteiger partial charge in [0, 0.05) is 19.5 Å². The zero-order valence-corrected chi connectivity index (χ0v) is 28.0. The first-order valence-corrected chi connectivity index (χ1v) is 17.3. The number of anilines is 1. The molecule has 4 aromatic rings. The van der Waals surface area contributed by atoms with Crippen molar-refractivity contribution < 1.29 is 27.5 Å². The van der Waals surface area contributed by atoms with Crippen LogP contribution >= 0.6 is 0 Å². The molecule has 4 aromatic carbocycles. The Morgan fingerprint density at radius 3 is 2.11 bits per heavy atom. The van der Waals surface area contributed by atoms with Crippen molar-refractivity contribution in [2.45, 2.75) is 50.6 Å². The highest BCUT2D eigenvalue weighted by Crippen LogP contribution is 2.26. The van der Waals surface area contributed by atoms with E-state index < -0.39 is 28.5 Å². The second-order valence-electron chi connectivity index (χ2n) is 11.0. The number of nitrogens with zero attached hydrogens (tertiary/aromatic N) is 2. The number of benzene rings is 4. The van der Waals surface area contributed by atoms with Gasteiger partial charge in [-0.1, -0.05) is 74.0 Å². The molecule has 0 radical (unpaired) electrons. The first-order valence-electron chi connectivity index (χ1n) is 15.8. The van der Waals surface area contributed by atoms with Crippen molar-refractivity contribution in [2.24, 2.45) is 0 Å². The Labute approximate surface area is 278 Å². The van der Waals surface area contributed by atoms with Gasteiger partial charge in [-0.05, 0) is 73.0 Å². The fourth-order valence-corrected chi connectivity index (χ4v) is 6.57. The summed E-state index contributed by atoms with van der Waals surface area (Å²) in [4.78, 5) is 29.9. The molecule has 47 heavy (non-hydrogen) atoms. The number of carbonyl (C=O) groups is 2. The van der Waals surface area contributed by atoms with Gasteiger partial charge >= 0.3 is 0 Å². The zero-order chi connectivity index (χ0) is 33.6. The lowest BCUT2D eigenvalue weighted by molar-refractivity contribution is -0.140. The van der Waals surface area contributed by atoms with Crippen LogP contribution in [0.25, 0.3) is 0 Å². The highest BCUT2D eigenvalue weighted by molar-refractivity contribution is 7.92. The van der Waals surface area contributed by atoms with Crippen molar-refractivity contribution in [3.63, 3.8) is 0 Å². The standard InChI is InChI=1S/C37H43N3O6S/c1-4-6-24-38-37(42)35(26-29-14-9-7-10-15-29)39(27-30-16-13-19-33(25-30)45-3)36(41)28-40(31-17-11-8-12-18-31)47(43,44)34-22-20-32(21-23-34)46-5-2/h7-23,25,35H,4-6,24,26-28H2,1-3H3,(H,38,42). The number of carbonyl (C=O) groups excluding carboxylic acids is 2. The summed E-state index contributed by atoms with van der Waals surface area (Å²) in [5.41, 5.74) is 1.93. The lowest BCUT2D eigenvalue weighted by atomic mass is 10.0. The third-order valence-corrected chi connectivity index (χ3v) is 9.42. The monoisotopic (exact) mass is 657 g/mol. The average molecular weight is 658 g/mol. The Balaban J connectivity index is 1.77. The lowest BCUT2D eigenvalue weighted by Gasteiger charge is -2.34. The number of unbranched alkanes of at least 4 members (excludes halogenated alkanes) is 1. The van der Waals surface area contributed by atoms with E-state index in [2.05, 4.69) is 5.32 Å². The molecule has 0 saturated carbocycles. The summed E-state index contributed by atoms with van der Waals surface area (Å²) < 4.78 is 40.4. The summed E-state index contributed by atoms with van der Waals surface area (Å²) in [7, 11) is -2.65. The van der Waals surface area contributed by atoms with Gasteiger partial charge in [-0.15, -0.1) is 0 Å². The summed E-state index contributed by atoms with van der Waals surface area (Å²) >= 11 is 0. The molecule has 0 aliphatic carbocycles. The maximum Gasteiger partial charge on any atom is 0.264 e. The van der Waals surface area contributed by atoms with Gasteiger partial charge in [0.15, 0.2) is 0 Å². The number of sulfonamides is 1. The van der Waals surface area contributed by atoms with Gasteiger partial charge in [-0.3, -0.25) is 13.9 Å². The number of amides is 2. The molecule has 9 nitrogen and oxygen atoms in total. The number of hydrogen-bond acceptors (Lipinski definition) is 6. The topological polar surface area (TPSA) is 105 Å². The molecule has 1 N–H and O–H groups in total. The van der Waals surface area contributed by atoms with Gasteiger partial charge in [-0.2, -0.15) is 0 Å². The molecule has 1 atom stereocenters. The van der Waals surface area contributed by atoms with Crippen molar-refractivity contribution in [1.29, 1.82) is 0 Å². The first-order chi connectivity index (χ1) is 22.8. The van der Waals surface area contributed by atoms with E-state index in [9.17, 15) is 18.0 Å². The summed E-state index contributed by atoms with van der Waals surface area (Å²) in [6, 6.07) is 30.4. The van der Waals surface area contributed by atoms with Gasteiger partial charge < -0.3 is 19.7 Å². The average Bonchev–Trinajstić information content (AvgIpc) is 3.10. The normalized spacial score (nSPS) is 11.7. The van der Waals surface area contributed by atoms with Gasteiger partial charge in [0.2, 0.25) is 11.8 Å². The molecule has 0 aromatic heterocycles. The number of hydrogen-bond donors (Lipinski definition) is 1. The van der Waals surface area contributed by atoms with Crippen LogP contribution in [0, 0.1) is 0 Å². The van der Waals surface area contributed by atoms with E-state index in [-0.39, 0.29) is 23.8 Å². The fourth-order valence-electron chi connectivity index (χ4n) is 5.15. The molecule has 0 saturated heterocycles. The third kappa shape index (κ3) is 9.59. The quantitative estimate of drug-likeness (QED) is 0.143. The summed E-state index contributed by atoms with van der Waals surface area (Å²) in [6.45, 7) is 4.31. The van der Waals surface area contributed by atoms with Crippen LogP contribution in [-0.4, -0.2) is 58.0 Å². The van der Waals surface area contributed by atoms with Crippen molar-refractivity contribution in [3.8, 4) is 11.5 Å². The second-order valence-corrected chi connectivity index (χ2v) is 12.8. The Morgan fingerprint density at radius 2 is 1.47 bits per heavy atom. The van der Waals surface area contributed by atoms with E-state index in [0.717, 1.165) is 28.3 Å². The molecule has 10 heteroatoms. The largest absolute Gasteiger partial charge is 0.497 e. The van der Waals surface area contributed by atoms with Crippen LogP contribution in [0.15, 0.2) is 114 Å². The predicted molar refractivity (Wildman–Crippen MR) is 184 cm³/mol. The van der Waals surface area contributed by atoms with Crippen LogP contribution in [0.4, 0.5) is 5.69 Å². The minimum Gasteiger partial charge on any atom is -0.497 e. The molecule has 0 heterocycles. The minimum atomic E-state index is -4.21. The van der Waals surface area contributed by atoms with E-state index in [1.807, 2.05) is 56.3 Å². The number of methoxy groups -OCH3 is 1. The van der Waals surface area contributed by atoms with Gasteiger partial charge in [0.1, 0.15) is 24.1 Å². The molecular formula is C37H43N3O6S. The Kier molecular flexibility index (Phi) is 12.8. The van der Waals surface area contributed by atoms with Gasteiger partial charge in [0.05, 0.1) is 24.3 Å². The Hall–Kier alpha value is -4.83. The molecule has 0 aliphatic rings. The van der Waals surface area contributed by atoms with E-state index in [0.29, 0.717) is 30.3 Å². The van der Waals surface area contributed by atoms with E-state index in [1.54, 1.807) is 61.7 Å². The van der Waals surface area contributed by atoms with Crippen LogP contribution in [-0.2, 0) is 32.6 Å². The van der Waals surface area contributed by atoms with Crippen molar-refractivity contribution in [2.75, 3.05) is 31.1 Å². The van der Waals surface area contributed by atoms with Crippen molar-refractivity contribution in [3.05, 3.63) is 120 Å². The number of ether oxygens (including phenoxy) is 2. The van der Waals surface area contributed by atoms with Crippen molar-refractivity contribution >= 4 is 27.5 Å². The zero-order valence-electron chi connectivity index (χ0n) is 27.2. The molecule has 0 bridgehead atoms. The van der Waals surface area contributed by atoms with Crippen LogP contribution in [0.5, 0.6) is 11.5 Å². The highest BCUT2D eigenvalue weighted by atomic mass is 32.2. The van der Waals surface area contributed by atoms with E-state index in [4.69, 9.17) is 9.47 Å². The lowest BCUT2D eigenvalue weighted by Crippen LogP contribution is -2.53. The molecule has 0 fully saturated rings. The first kappa shape index (κ1) is 35.0. The second kappa shape index (κ2) is 17.2.